The highest BCUT2D eigenvalue weighted by atomic mass is 16.1. The van der Waals surface area contributed by atoms with Crippen molar-refractivity contribution in [2.45, 2.75) is 6.04 Å². The van der Waals surface area contributed by atoms with Crippen molar-refractivity contribution in [2.75, 3.05) is 0 Å². The van der Waals surface area contributed by atoms with Gasteiger partial charge in [-0.05, 0) is 12.2 Å². The van der Waals surface area contributed by atoms with E-state index in [2.05, 4.69) is 9.97 Å². The highest BCUT2D eigenvalue weighted by Gasteiger charge is 2.08. The molecule has 1 aliphatic carbocycles. The first-order valence-corrected chi connectivity index (χ1v) is 3.80. The van der Waals surface area contributed by atoms with E-state index in [4.69, 9.17) is 11.1 Å². The monoisotopic (exact) mass is 176 g/mol. The van der Waals surface area contributed by atoms with E-state index in [9.17, 15) is 4.79 Å². The van der Waals surface area contributed by atoms with Crippen molar-refractivity contribution in [1.29, 1.82) is 5.41 Å². The van der Waals surface area contributed by atoms with E-state index in [0.717, 1.165) is 0 Å². The quantitative estimate of drug-likeness (QED) is 0.414. The SMILES string of the molecule is N=C1C=c2[nH]c(=O)cnc2=CC1N. The molecule has 0 radical (unpaired) electrons. The molecule has 2 rings (SSSR count). The van der Waals surface area contributed by atoms with Gasteiger partial charge in [0.1, 0.15) is 0 Å². The van der Waals surface area contributed by atoms with Gasteiger partial charge >= 0.3 is 0 Å². The molecule has 0 spiro atoms. The van der Waals surface area contributed by atoms with Crippen LogP contribution >= 0.6 is 0 Å². The maximum absolute atomic E-state index is 10.9. The predicted octanol–water partition coefficient (Wildman–Crippen LogP) is -2.31. The van der Waals surface area contributed by atoms with Gasteiger partial charge in [-0.3, -0.25) is 4.79 Å². The number of aromatic nitrogens is 2. The highest BCUT2D eigenvalue weighted by molar-refractivity contribution is 6.14. The summed E-state index contributed by atoms with van der Waals surface area (Å²) in [5, 5.41) is 8.62. The zero-order valence-electron chi connectivity index (χ0n) is 6.74. The molecule has 13 heavy (non-hydrogen) atoms. The second-order valence-electron chi connectivity index (χ2n) is 2.84. The number of hydrogen-bond donors (Lipinski definition) is 3. The summed E-state index contributed by atoms with van der Waals surface area (Å²) in [7, 11) is 0. The minimum Gasteiger partial charge on any atom is -0.319 e. The molecule has 1 aromatic rings. The molecular weight excluding hydrogens is 168 g/mol. The molecule has 1 unspecified atom stereocenters. The minimum atomic E-state index is -0.425. The van der Waals surface area contributed by atoms with Crippen molar-refractivity contribution < 1.29 is 0 Å². The van der Waals surface area contributed by atoms with E-state index in [1.165, 1.54) is 12.3 Å². The van der Waals surface area contributed by atoms with E-state index in [0.29, 0.717) is 10.7 Å². The Hall–Kier alpha value is -1.75. The fourth-order valence-electron chi connectivity index (χ4n) is 1.18. The number of nitrogens with two attached hydrogens (primary N) is 1. The molecule has 0 aromatic carbocycles. The fraction of sp³-hybridized carbons (Fsp3) is 0.125. The van der Waals surface area contributed by atoms with Gasteiger partial charge in [0.15, 0.2) is 0 Å². The zero-order valence-corrected chi connectivity index (χ0v) is 6.74. The second kappa shape index (κ2) is 2.63. The molecule has 0 saturated heterocycles. The Balaban J connectivity index is 2.85. The van der Waals surface area contributed by atoms with Gasteiger partial charge in [-0.15, -0.1) is 0 Å². The van der Waals surface area contributed by atoms with Crippen LogP contribution in [0, 0.1) is 5.41 Å². The van der Waals surface area contributed by atoms with Crippen LogP contribution in [0.15, 0.2) is 11.0 Å². The summed E-state index contributed by atoms with van der Waals surface area (Å²) in [5.41, 5.74) is 5.59. The lowest BCUT2D eigenvalue weighted by Crippen LogP contribution is -2.45. The Kier molecular flexibility index (Phi) is 1.60. The number of hydrogen-bond acceptors (Lipinski definition) is 4. The molecule has 1 atom stereocenters. The summed E-state index contributed by atoms with van der Waals surface area (Å²) in [6.07, 6.45) is 4.37. The van der Waals surface area contributed by atoms with Crippen LogP contribution in [0.1, 0.15) is 0 Å². The van der Waals surface area contributed by atoms with Gasteiger partial charge in [0.05, 0.1) is 28.6 Å². The standard InChI is InChI=1S/C8H8N4O/c9-4-1-6-7(2-5(4)10)12-8(13)3-11-6/h1-4,10H,9H2,(H,12,13). The normalized spacial score (nSPS) is 20.1. The van der Waals surface area contributed by atoms with Crippen molar-refractivity contribution in [3.05, 3.63) is 27.2 Å². The van der Waals surface area contributed by atoms with Crippen LogP contribution in [0.2, 0.25) is 0 Å². The third-order valence-corrected chi connectivity index (χ3v) is 1.85. The molecule has 0 aliphatic heterocycles. The van der Waals surface area contributed by atoms with Gasteiger partial charge in [0.2, 0.25) is 0 Å². The lowest BCUT2D eigenvalue weighted by Gasteiger charge is -2.07. The van der Waals surface area contributed by atoms with Gasteiger partial charge in [-0.25, -0.2) is 4.98 Å². The Morgan fingerprint density at radius 3 is 3.15 bits per heavy atom. The topological polar surface area (TPSA) is 95.6 Å². The molecule has 0 bridgehead atoms. The summed E-state index contributed by atoms with van der Waals surface area (Å²) < 4.78 is 0. The van der Waals surface area contributed by atoms with Crippen LogP contribution in [0.4, 0.5) is 0 Å². The molecule has 66 valence electrons. The molecule has 0 fully saturated rings. The van der Waals surface area contributed by atoms with Crippen molar-refractivity contribution in [3.63, 3.8) is 0 Å². The van der Waals surface area contributed by atoms with Crippen LogP contribution in [0.3, 0.4) is 0 Å². The third-order valence-electron chi connectivity index (χ3n) is 1.85. The molecule has 5 nitrogen and oxygen atoms in total. The highest BCUT2D eigenvalue weighted by Crippen LogP contribution is 1.87. The average molecular weight is 176 g/mol. The van der Waals surface area contributed by atoms with Gasteiger partial charge in [0, 0.05) is 0 Å². The summed E-state index contributed by atoms with van der Waals surface area (Å²) in [6, 6.07) is -0.425. The Morgan fingerprint density at radius 2 is 2.38 bits per heavy atom. The van der Waals surface area contributed by atoms with Crippen molar-refractivity contribution in [1.82, 2.24) is 9.97 Å². The lowest BCUT2D eigenvalue weighted by molar-refractivity contribution is 1.01. The van der Waals surface area contributed by atoms with Crippen molar-refractivity contribution >= 4 is 17.9 Å². The summed E-state index contributed by atoms with van der Waals surface area (Å²) >= 11 is 0. The van der Waals surface area contributed by atoms with E-state index >= 15 is 0 Å². The Labute approximate surface area is 73.1 Å². The van der Waals surface area contributed by atoms with Crippen LogP contribution in [-0.2, 0) is 0 Å². The Bertz CT molecular complexity index is 528. The summed E-state index contributed by atoms with van der Waals surface area (Å²) in [4.78, 5) is 17.3. The van der Waals surface area contributed by atoms with Crippen LogP contribution < -0.4 is 22.0 Å². The maximum atomic E-state index is 10.9. The smallest absolute Gasteiger partial charge is 0.266 e. The molecule has 4 N–H and O–H groups in total. The predicted molar refractivity (Wildman–Crippen MR) is 48.7 cm³/mol. The number of rotatable bonds is 0. The van der Waals surface area contributed by atoms with Crippen molar-refractivity contribution in [3.8, 4) is 0 Å². The largest absolute Gasteiger partial charge is 0.319 e. The van der Waals surface area contributed by atoms with Gasteiger partial charge in [0.25, 0.3) is 5.56 Å². The first-order valence-electron chi connectivity index (χ1n) is 3.80. The number of H-pyrrole nitrogens is 1. The van der Waals surface area contributed by atoms with Gasteiger partial charge in [-0.1, -0.05) is 0 Å². The second-order valence-corrected chi connectivity index (χ2v) is 2.84. The maximum Gasteiger partial charge on any atom is 0.266 e. The molecule has 5 heteroatoms. The van der Waals surface area contributed by atoms with Crippen molar-refractivity contribution in [2.24, 2.45) is 5.73 Å². The number of fused-ring (bicyclic) bond motifs is 1. The first-order chi connectivity index (χ1) is 6.16. The van der Waals surface area contributed by atoms with Crippen LogP contribution in [0.25, 0.3) is 12.2 Å². The molecule has 0 saturated carbocycles. The third kappa shape index (κ3) is 1.29. The van der Waals surface area contributed by atoms with E-state index < -0.39 is 6.04 Å². The molecule has 1 aromatic heterocycles. The minimum absolute atomic E-state index is 0.272. The molecule has 1 heterocycles. The van der Waals surface area contributed by atoms with Gasteiger partial charge < -0.3 is 16.1 Å². The van der Waals surface area contributed by atoms with Crippen LogP contribution in [-0.4, -0.2) is 21.7 Å². The summed E-state index contributed by atoms with van der Waals surface area (Å²) in [6.45, 7) is 0. The molecular formula is C8H8N4O. The van der Waals surface area contributed by atoms with E-state index in [1.54, 1.807) is 6.08 Å². The number of nitrogens with zero attached hydrogens (tertiary/aromatic N) is 1. The van der Waals surface area contributed by atoms with Crippen LogP contribution in [0.5, 0.6) is 0 Å². The fourth-order valence-corrected chi connectivity index (χ4v) is 1.18. The first kappa shape index (κ1) is 7.88. The Morgan fingerprint density at radius 1 is 1.62 bits per heavy atom. The number of aromatic amines is 1. The average Bonchev–Trinajstić information content (AvgIpc) is 2.08. The lowest BCUT2D eigenvalue weighted by atomic mass is 10.1. The summed E-state index contributed by atoms with van der Waals surface area (Å²) in [5.74, 6) is 0. The molecule has 0 amide bonds. The molecule has 1 aliphatic rings. The zero-order chi connectivity index (χ0) is 9.42. The van der Waals surface area contributed by atoms with E-state index in [-0.39, 0.29) is 11.3 Å². The van der Waals surface area contributed by atoms with Gasteiger partial charge in [-0.2, -0.15) is 0 Å². The van der Waals surface area contributed by atoms with E-state index in [1.807, 2.05) is 0 Å². The number of nitrogens with one attached hydrogen (secondary N) is 2.